The molecule has 122 valence electrons. The number of hydrogen-bond donors (Lipinski definition) is 1. The van der Waals surface area contributed by atoms with Crippen LogP contribution in [0.15, 0.2) is 36.4 Å². The summed E-state index contributed by atoms with van der Waals surface area (Å²) in [4.78, 5) is 12.5. The molecule has 0 aliphatic rings. The summed E-state index contributed by atoms with van der Waals surface area (Å²) in [5, 5.41) is 2.95. The van der Waals surface area contributed by atoms with Gasteiger partial charge in [-0.2, -0.15) is 0 Å². The lowest BCUT2D eigenvalue weighted by Crippen LogP contribution is -2.32. The molecule has 3 heteroatoms. The number of rotatable bonds is 5. The molecule has 2 aromatic rings. The first-order chi connectivity index (χ1) is 10.9. The fourth-order valence-electron chi connectivity index (χ4n) is 2.53. The molecule has 1 atom stereocenters. The van der Waals surface area contributed by atoms with Gasteiger partial charge in [0.15, 0.2) is 6.10 Å². The Balaban J connectivity index is 2.10. The molecule has 0 aliphatic carbocycles. The number of aryl methyl sites for hydroxylation is 4. The van der Waals surface area contributed by atoms with Crippen LogP contribution in [0.5, 0.6) is 5.75 Å². The maximum absolute atomic E-state index is 12.5. The third-order valence-electron chi connectivity index (χ3n) is 3.91. The topological polar surface area (TPSA) is 38.3 Å². The van der Waals surface area contributed by atoms with Gasteiger partial charge in [0, 0.05) is 5.69 Å². The largest absolute Gasteiger partial charge is 0.481 e. The molecular weight excluding hydrogens is 286 g/mol. The average Bonchev–Trinajstić information content (AvgIpc) is 2.47. The highest BCUT2D eigenvalue weighted by atomic mass is 16.5. The molecule has 0 heterocycles. The van der Waals surface area contributed by atoms with Crippen molar-refractivity contribution in [3.05, 3.63) is 58.7 Å². The van der Waals surface area contributed by atoms with Gasteiger partial charge in [-0.05, 0) is 80.6 Å². The van der Waals surface area contributed by atoms with Crippen molar-refractivity contribution in [3.8, 4) is 5.75 Å². The van der Waals surface area contributed by atoms with E-state index in [-0.39, 0.29) is 5.91 Å². The zero-order valence-corrected chi connectivity index (χ0v) is 14.6. The minimum Gasteiger partial charge on any atom is -0.481 e. The van der Waals surface area contributed by atoms with E-state index >= 15 is 0 Å². The highest BCUT2D eigenvalue weighted by Crippen LogP contribution is 2.20. The molecule has 1 amide bonds. The second-order valence-electron chi connectivity index (χ2n) is 6.13. The molecule has 0 fully saturated rings. The summed E-state index contributed by atoms with van der Waals surface area (Å²) in [6, 6.07) is 11.9. The summed E-state index contributed by atoms with van der Waals surface area (Å²) < 4.78 is 5.90. The molecular formula is C20H25NO2. The van der Waals surface area contributed by atoms with Gasteiger partial charge in [0.2, 0.25) is 0 Å². The predicted molar refractivity (Wildman–Crippen MR) is 95.2 cm³/mol. The van der Waals surface area contributed by atoms with Gasteiger partial charge in [0.1, 0.15) is 5.75 Å². The van der Waals surface area contributed by atoms with Crippen LogP contribution in [0.1, 0.15) is 35.6 Å². The Morgan fingerprint density at radius 2 is 1.65 bits per heavy atom. The third-order valence-corrected chi connectivity index (χ3v) is 3.91. The van der Waals surface area contributed by atoms with Crippen LogP contribution in [0.3, 0.4) is 0 Å². The van der Waals surface area contributed by atoms with E-state index < -0.39 is 6.10 Å². The standard InChI is InChI=1S/C20H25NO2/c1-6-19(23-18-10-13(2)9-14(3)11-18)20(22)21-17-8-7-15(4)16(5)12-17/h7-12,19H,6H2,1-5H3,(H,21,22). The molecule has 2 rings (SSSR count). The summed E-state index contributed by atoms with van der Waals surface area (Å²) in [6.07, 6.45) is 0.113. The molecule has 23 heavy (non-hydrogen) atoms. The highest BCUT2D eigenvalue weighted by molar-refractivity contribution is 5.94. The van der Waals surface area contributed by atoms with E-state index in [0.717, 1.165) is 28.1 Å². The maximum atomic E-state index is 12.5. The summed E-state index contributed by atoms with van der Waals surface area (Å²) >= 11 is 0. The Hall–Kier alpha value is -2.29. The van der Waals surface area contributed by atoms with Crippen LogP contribution < -0.4 is 10.1 Å². The van der Waals surface area contributed by atoms with Gasteiger partial charge in [-0.25, -0.2) is 0 Å². The number of ether oxygens (including phenoxy) is 1. The second kappa shape index (κ2) is 7.32. The molecule has 0 saturated heterocycles. The van der Waals surface area contributed by atoms with Crippen molar-refractivity contribution < 1.29 is 9.53 Å². The van der Waals surface area contributed by atoms with E-state index in [9.17, 15) is 4.79 Å². The summed E-state index contributed by atoms with van der Waals surface area (Å²) in [7, 11) is 0. The lowest BCUT2D eigenvalue weighted by atomic mass is 10.1. The lowest BCUT2D eigenvalue weighted by Gasteiger charge is -2.18. The number of carbonyl (C=O) groups excluding carboxylic acids is 1. The fourth-order valence-corrected chi connectivity index (χ4v) is 2.53. The Labute approximate surface area is 138 Å². The van der Waals surface area contributed by atoms with Gasteiger partial charge in [-0.3, -0.25) is 4.79 Å². The number of carbonyl (C=O) groups is 1. The van der Waals surface area contributed by atoms with Crippen molar-refractivity contribution in [2.75, 3.05) is 5.32 Å². The minimum atomic E-state index is -0.502. The number of nitrogens with one attached hydrogen (secondary N) is 1. The number of hydrogen-bond acceptors (Lipinski definition) is 2. The van der Waals surface area contributed by atoms with Crippen LogP contribution in [0.2, 0.25) is 0 Å². The normalized spacial score (nSPS) is 11.9. The zero-order chi connectivity index (χ0) is 17.0. The molecule has 0 bridgehead atoms. The molecule has 0 saturated carbocycles. The fraction of sp³-hybridized carbons (Fsp3) is 0.350. The first-order valence-corrected chi connectivity index (χ1v) is 8.02. The van der Waals surface area contributed by atoms with Crippen LogP contribution >= 0.6 is 0 Å². The maximum Gasteiger partial charge on any atom is 0.265 e. The Kier molecular flexibility index (Phi) is 5.43. The predicted octanol–water partition coefficient (Wildman–Crippen LogP) is 4.72. The van der Waals surface area contributed by atoms with E-state index in [4.69, 9.17) is 4.74 Å². The minimum absolute atomic E-state index is 0.116. The molecule has 0 aliphatic heterocycles. The first-order valence-electron chi connectivity index (χ1n) is 8.02. The summed E-state index contributed by atoms with van der Waals surface area (Å²) in [6.45, 7) is 10.1. The van der Waals surface area contributed by atoms with Crippen LogP contribution in [-0.4, -0.2) is 12.0 Å². The third kappa shape index (κ3) is 4.59. The number of anilines is 1. The molecule has 1 N–H and O–H groups in total. The molecule has 0 spiro atoms. The lowest BCUT2D eigenvalue weighted by molar-refractivity contribution is -0.122. The molecule has 1 unspecified atom stereocenters. The van der Waals surface area contributed by atoms with Crippen molar-refractivity contribution >= 4 is 11.6 Å². The van der Waals surface area contributed by atoms with Crippen molar-refractivity contribution in [3.63, 3.8) is 0 Å². The van der Waals surface area contributed by atoms with E-state index in [1.165, 1.54) is 5.56 Å². The summed E-state index contributed by atoms with van der Waals surface area (Å²) in [5.74, 6) is 0.625. The Morgan fingerprint density at radius 1 is 1.00 bits per heavy atom. The van der Waals surface area contributed by atoms with Crippen LogP contribution in [0.25, 0.3) is 0 Å². The highest BCUT2D eigenvalue weighted by Gasteiger charge is 2.19. The molecule has 2 aromatic carbocycles. The van der Waals surface area contributed by atoms with E-state index in [1.54, 1.807) is 0 Å². The monoisotopic (exact) mass is 311 g/mol. The van der Waals surface area contributed by atoms with Crippen molar-refractivity contribution in [2.45, 2.75) is 47.1 Å². The van der Waals surface area contributed by atoms with Crippen molar-refractivity contribution in [1.82, 2.24) is 0 Å². The van der Waals surface area contributed by atoms with Gasteiger partial charge >= 0.3 is 0 Å². The summed E-state index contributed by atoms with van der Waals surface area (Å²) in [5.41, 5.74) is 5.43. The van der Waals surface area contributed by atoms with E-state index in [0.29, 0.717) is 6.42 Å². The second-order valence-corrected chi connectivity index (χ2v) is 6.13. The smallest absolute Gasteiger partial charge is 0.265 e. The molecule has 3 nitrogen and oxygen atoms in total. The van der Waals surface area contributed by atoms with Gasteiger partial charge in [0.05, 0.1) is 0 Å². The van der Waals surface area contributed by atoms with Crippen LogP contribution in [-0.2, 0) is 4.79 Å². The van der Waals surface area contributed by atoms with Crippen LogP contribution in [0, 0.1) is 27.7 Å². The van der Waals surface area contributed by atoms with E-state index in [1.807, 2.05) is 58.0 Å². The molecule has 0 radical (unpaired) electrons. The van der Waals surface area contributed by atoms with E-state index in [2.05, 4.69) is 18.3 Å². The number of amides is 1. The van der Waals surface area contributed by atoms with Gasteiger partial charge < -0.3 is 10.1 Å². The van der Waals surface area contributed by atoms with Crippen molar-refractivity contribution in [1.29, 1.82) is 0 Å². The van der Waals surface area contributed by atoms with Gasteiger partial charge in [0.25, 0.3) is 5.91 Å². The van der Waals surface area contributed by atoms with Crippen molar-refractivity contribution in [2.24, 2.45) is 0 Å². The first kappa shape index (κ1) is 17.1. The zero-order valence-electron chi connectivity index (χ0n) is 14.6. The van der Waals surface area contributed by atoms with Crippen LogP contribution in [0.4, 0.5) is 5.69 Å². The SMILES string of the molecule is CCC(Oc1cc(C)cc(C)c1)C(=O)Nc1ccc(C)c(C)c1. The van der Waals surface area contributed by atoms with Gasteiger partial charge in [-0.15, -0.1) is 0 Å². The Bertz CT molecular complexity index is 687. The Morgan fingerprint density at radius 3 is 2.22 bits per heavy atom. The number of benzene rings is 2. The average molecular weight is 311 g/mol. The molecule has 0 aromatic heterocycles. The van der Waals surface area contributed by atoms with Gasteiger partial charge in [-0.1, -0.05) is 19.1 Å². The quantitative estimate of drug-likeness (QED) is 0.868.